The van der Waals surface area contributed by atoms with Gasteiger partial charge in [0.15, 0.2) is 17.5 Å². The maximum Gasteiger partial charge on any atom is 0.315 e. The van der Waals surface area contributed by atoms with Gasteiger partial charge in [0.1, 0.15) is 5.01 Å². The molecule has 0 fully saturated rings. The zero-order valence-electron chi connectivity index (χ0n) is 12.2. The third-order valence-electron chi connectivity index (χ3n) is 3.03. The second-order valence-corrected chi connectivity index (χ2v) is 5.21. The van der Waals surface area contributed by atoms with Crippen LogP contribution in [0.15, 0.2) is 23.7 Å². The Morgan fingerprint density at radius 2 is 2.17 bits per heavy atom. The van der Waals surface area contributed by atoms with Crippen molar-refractivity contribution in [3.8, 4) is 17.6 Å². The van der Waals surface area contributed by atoms with Gasteiger partial charge in [-0.05, 0) is 6.07 Å². The molecule has 1 aromatic carbocycles. The highest BCUT2D eigenvalue weighted by atomic mass is 32.1. The van der Waals surface area contributed by atoms with Crippen LogP contribution in [0.4, 0.5) is 5.69 Å². The lowest BCUT2D eigenvalue weighted by Gasteiger charge is -2.11. The molecule has 118 valence electrons. The number of Topliss-reactive ketones (excluding diaryl/α,β-unsaturated/α-hetero) is 1. The summed E-state index contributed by atoms with van der Waals surface area (Å²) in [7, 11) is 2.57. The summed E-state index contributed by atoms with van der Waals surface area (Å²) < 4.78 is 10.0. The number of carbonyl (C=O) groups excluding carboxylic acids is 1. The van der Waals surface area contributed by atoms with E-state index >= 15 is 0 Å². The Labute approximate surface area is 135 Å². The molecule has 0 aliphatic rings. The van der Waals surface area contributed by atoms with Crippen LogP contribution in [-0.4, -0.2) is 29.9 Å². The van der Waals surface area contributed by atoms with Gasteiger partial charge in [0.25, 0.3) is 0 Å². The Hall–Kier alpha value is -2.99. The Kier molecular flexibility index (Phi) is 4.88. The molecular weight excluding hydrogens is 322 g/mol. The number of thiazole rings is 1. The molecule has 0 saturated carbocycles. The molecule has 0 aliphatic carbocycles. The molecule has 2 aromatic rings. The van der Waals surface area contributed by atoms with Crippen LogP contribution in [0.5, 0.6) is 11.5 Å². The van der Waals surface area contributed by atoms with Crippen molar-refractivity contribution < 1.29 is 19.2 Å². The number of methoxy groups -OCH3 is 2. The van der Waals surface area contributed by atoms with Crippen LogP contribution < -0.4 is 9.47 Å². The molecule has 0 saturated heterocycles. The standard InChI is InChI=1S/C14H11N3O5S/c1-21-11-6-8(5-10(17(19)20)13(11)22-2)12(18)9(7-15)14-16-3-4-23-14/h3-6,9H,1-2H3. The first kappa shape index (κ1) is 16.4. The number of aromatic nitrogens is 1. The molecule has 8 nitrogen and oxygen atoms in total. The molecule has 1 atom stereocenters. The summed E-state index contributed by atoms with van der Waals surface area (Å²) in [6.07, 6.45) is 1.48. The number of nitriles is 1. The number of ether oxygens (including phenoxy) is 2. The number of nitro groups is 1. The Morgan fingerprint density at radius 1 is 1.43 bits per heavy atom. The van der Waals surface area contributed by atoms with E-state index in [0.29, 0.717) is 5.01 Å². The molecule has 0 bridgehead atoms. The molecule has 2 rings (SSSR count). The number of ketones is 1. The van der Waals surface area contributed by atoms with Crippen LogP contribution in [0, 0.1) is 21.4 Å². The minimum absolute atomic E-state index is 0.0175. The number of benzene rings is 1. The Bertz CT molecular complexity index is 782. The van der Waals surface area contributed by atoms with Crippen molar-refractivity contribution in [2.45, 2.75) is 5.92 Å². The third-order valence-corrected chi connectivity index (χ3v) is 3.87. The Balaban J connectivity index is 2.55. The fourth-order valence-corrected chi connectivity index (χ4v) is 2.67. The second-order valence-electron chi connectivity index (χ2n) is 4.28. The predicted octanol–water partition coefficient (Wildman–Crippen LogP) is 2.56. The lowest BCUT2D eigenvalue weighted by molar-refractivity contribution is -0.385. The van der Waals surface area contributed by atoms with E-state index in [-0.39, 0.29) is 17.1 Å². The number of hydrogen-bond acceptors (Lipinski definition) is 8. The van der Waals surface area contributed by atoms with E-state index in [4.69, 9.17) is 9.47 Å². The minimum Gasteiger partial charge on any atom is -0.493 e. The zero-order chi connectivity index (χ0) is 17.0. The van der Waals surface area contributed by atoms with Crippen molar-refractivity contribution in [3.63, 3.8) is 0 Å². The van der Waals surface area contributed by atoms with Gasteiger partial charge in [-0.2, -0.15) is 5.26 Å². The average molecular weight is 333 g/mol. The van der Waals surface area contributed by atoms with Gasteiger partial charge in [-0.3, -0.25) is 14.9 Å². The lowest BCUT2D eigenvalue weighted by atomic mass is 9.98. The van der Waals surface area contributed by atoms with Gasteiger partial charge in [-0.25, -0.2) is 4.98 Å². The van der Waals surface area contributed by atoms with E-state index in [0.717, 1.165) is 17.4 Å². The summed E-state index contributed by atoms with van der Waals surface area (Å²) in [5.74, 6) is -1.77. The van der Waals surface area contributed by atoms with Gasteiger partial charge >= 0.3 is 5.69 Å². The highest BCUT2D eigenvalue weighted by molar-refractivity contribution is 7.09. The first-order chi connectivity index (χ1) is 11.0. The van der Waals surface area contributed by atoms with Crippen molar-refractivity contribution in [2.24, 2.45) is 0 Å². The SMILES string of the molecule is COc1cc(C(=O)C(C#N)c2nccs2)cc([N+](=O)[O-])c1OC. The van der Waals surface area contributed by atoms with Crippen molar-refractivity contribution >= 4 is 22.8 Å². The Morgan fingerprint density at radius 3 is 2.65 bits per heavy atom. The van der Waals surface area contributed by atoms with Crippen LogP contribution in [0.25, 0.3) is 0 Å². The third kappa shape index (κ3) is 3.12. The first-order valence-electron chi connectivity index (χ1n) is 6.27. The van der Waals surface area contributed by atoms with E-state index in [1.807, 2.05) is 6.07 Å². The number of rotatable bonds is 6. The van der Waals surface area contributed by atoms with Crippen LogP contribution in [0.3, 0.4) is 0 Å². The fourth-order valence-electron chi connectivity index (χ4n) is 1.99. The van der Waals surface area contributed by atoms with Crippen LogP contribution in [-0.2, 0) is 0 Å². The van der Waals surface area contributed by atoms with Crippen LogP contribution >= 0.6 is 11.3 Å². The smallest absolute Gasteiger partial charge is 0.315 e. The number of nitro benzene ring substituents is 1. The molecule has 1 heterocycles. The summed E-state index contributed by atoms with van der Waals surface area (Å²) in [6, 6.07) is 4.26. The van der Waals surface area contributed by atoms with E-state index in [2.05, 4.69) is 4.98 Å². The maximum absolute atomic E-state index is 12.5. The molecule has 1 unspecified atom stereocenters. The summed E-state index contributed by atoms with van der Waals surface area (Å²) in [6.45, 7) is 0. The average Bonchev–Trinajstić information content (AvgIpc) is 3.08. The first-order valence-corrected chi connectivity index (χ1v) is 7.15. The predicted molar refractivity (Wildman–Crippen MR) is 81.0 cm³/mol. The zero-order valence-corrected chi connectivity index (χ0v) is 13.0. The van der Waals surface area contributed by atoms with E-state index in [9.17, 15) is 20.2 Å². The molecule has 23 heavy (non-hydrogen) atoms. The lowest BCUT2D eigenvalue weighted by Crippen LogP contribution is -2.12. The molecule has 0 radical (unpaired) electrons. The van der Waals surface area contributed by atoms with Crippen molar-refractivity contribution in [3.05, 3.63) is 44.4 Å². The number of nitrogens with zero attached hydrogens (tertiary/aromatic N) is 3. The van der Waals surface area contributed by atoms with Gasteiger partial charge in [0.05, 0.1) is 25.2 Å². The summed E-state index contributed by atoms with van der Waals surface area (Å²) in [5.41, 5.74) is -0.429. The van der Waals surface area contributed by atoms with Gasteiger partial charge in [0.2, 0.25) is 5.75 Å². The van der Waals surface area contributed by atoms with Crippen LogP contribution in [0.1, 0.15) is 21.3 Å². The van der Waals surface area contributed by atoms with Gasteiger partial charge in [0, 0.05) is 23.2 Å². The molecule has 0 spiro atoms. The number of carbonyl (C=O) groups is 1. The molecule has 1 aromatic heterocycles. The minimum atomic E-state index is -1.13. The quantitative estimate of drug-likeness (QED) is 0.453. The number of hydrogen-bond donors (Lipinski definition) is 0. The highest BCUT2D eigenvalue weighted by Crippen LogP contribution is 2.39. The largest absolute Gasteiger partial charge is 0.493 e. The second kappa shape index (κ2) is 6.85. The monoisotopic (exact) mass is 333 g/mol. The van der Waals surface area contributed by atoms with Gasteiger partial charge < -0.3 is 9.47 Å². The van der Waals surface area contributed by atoms with Crippen molar-refractivity contribution in [2.75, 3.05) is 14.2 Å². The van der Waals surface area contributed by atoms with Gasteiger partial charge in [-0.15, -0.1) is 11.3 Å². The summed E-state index contributed by atoms with van der Waals surface area (Å²) in [5, 5.41) is 22.4. The highest BCUT2D eigenvalue weighted by Gasteiger charge is 2.29. The maximum atomic E-state index is 12.5. The van der Waals surface area contributed by atoms with E-state index in [1.165, 1.54) is 26.5 Å². The van der Waals surface area contributed by atoms with E-state index < -0.39 is 22.3 Å². The normalized spacial score (nSPS) is 11.3. The topological polar surface area (TPSA) is 115 Å². The molecular formula is C14H11N3O5S. The van der Waals surface area contributed by atoms with Gasteiger partial charge in [-0.1, -0.05) is 0 Å². The fraction of sp³-hybridized carbons (Fsp3) is 0.214. The summed E-state index contributed by atoms with van der Waals surface area (Å²) in [4.78, 5) is 27.0. The van der Waals surface area contributed by atoms with Crippen LogP contribution in [0.2, 0.25) is 0 Å². The van der Waals surface area contributed by atoms with E-state index in [1.54, 1.807) is 5.38 Å². The van der Waals surface area contributed by atoms with Crippen molar-refractivity contribution in [1.82, 2.24) is 4.98 Å². The molecule has 9 heteroatoms. The molecule has 0 amide bonds. The molecule has 0 aliphatic heterocycles. The molecule has 0 N–H and O–H groups in total. The summed E-state index contributed by atoms with van der Waals surface area (Å²) >= 11 is 1.16. The van der Waals surface area contributed by atoms with Crippen molar-refractivity contribution in [1.29, 1.82) is 5.26 Å².